The van der Waals surface area contributed by atoms with Crippen LogP contribution in [-0.4, -0.2) is 36.7 Å². The fourth-order valence-electron chi connectivity index (χ4n) is 2.93. The first-order valence-corrected chi connectivity index (χ1v) is 8.37. The van der Waals surface area contributed by atoms with E-state index >= 15 is 0 Å². The van der Waals surface area contributed by atoms with E-state index in [0.29, 0.717) is 5.82 Å². The third-order valence-corrected chi connectivity index (χ3v) is 4.21. The molecule has 4 rings (SSSR count). The van der Waals surface area contributed by atoms with Gasteiger partial charge in [-0.1, -0.05) is 0 Å². The van der Waals surface area contributed by atoms with Crippen LogP contribution in [0.25, 0.3) is 11.4 Å². The van der Waals surface area contributed by atoms with Gasteiger partial charge in [0.1, 0.15) is 11.6 Å². The molecule has 0 spiro atoms. The van der Waals surface area contributed by atoms with Gasteiger partial charge >= 0.3 is 0 Å². The van der Waals surface area contributed by atoms with E-state index in [9.17, 15) is 0 Å². The quantitative estimate of drug-likeness (QED) is 0.667. The molecule has 0 amide bonds. The average molecular weight is 336 g/mol. The molecule has 25 heavy (non-hydrogen) atoms. The van der Waals surface area contributed by atoms with Gasteiger partial charge in [0.25, 0.3) is 0 Å². The van der Waals surface area contributed by atoms with Crippen molar-refractivity contribution >= 4 is 5.82 Å². The van der Waals surface area contributed by atoms with Gasteiger partial charge in [0.05, 0.1) is 11.7 Å². The molecule has 4 heterocycles. The molecule has 0 saturated carbocycles. The molecule has 0 saturated heterocycles. The van der Waals surface area contributed by atoms with Crippen molar-refractivity contribution in [3.05, 3.63) is 47.4 Å². The van der Waals surface area contributed by atoms with Crippen molar-refractivity contribution in [3.8, 4) is 11.4 Å². The number of aromatic nitrogens is 6. The molecule has 0 aliphatic carbocycles. The second-order valence-corrected chi connectivity index (χ2v) is 6.13. The maximum absolute atomic E-state index is 4.77. The van der Waals surface area contributed by atoms with Gasteiger partial charge in [0.15, 0.2) is 11.6 Å². The molecular weight excluding hydrogens is 316 g/mol. The second-order valence-electron chi connectivity index (χ2n) is 6.13. The Balaban J connectivity index is 1.72. The number of rotatable bonds is 4. The Bertz CT molecular complexity index is 874. The van der Waals surface area contributed by atoms with Crippen molar-refractivity contribution in [1.29, 1.82) is 0 Å². The van der Waals surface area contributed by atoms with E-state index in [-0.39, 0.29) is 6.04 Å². The van der Waals surface area contributed by atoms with Gasteiger partial charge in [-0.2, -0.15) is 5.10 Å². The molecule has 3 aromatic heterocycles. The number of H-pyrrole nitrogens is 1. The number of aryl methyl sites for hydroxylation is 1. The van der Waals surface area contributed by atoms with Gasteiger partial charge in [0, 0.05) is 30.1 Å². The number of pyridine rings is 1. The maximum Gasteiger partial charge on any atom is 0.172 e. The largest absolute Gasteiger partial charge is 0.360 e. The number of fused-ring (bicyclic) bond motifs is 1. The number of anilines is 1. The van der Waals surface area contributed by atoms with Crippen molar-refractivity contribution in [2.45, 2.75) is 32.9 Å². The molecule has 0 fully saturated rings. The number of nitrogens with one attached hydrogen (secondary N) is 3. The maximum atomic E-state index is 4.77. The molecule has 3 N–H and O–H groups in total. The van der Waals surface area contributed by atoms with Crippen molar-refractivity contribution in [2.75, 3.05) is 11.9 Å². The molecule has 1 aliphatic rings. The van der Waals surface area contributed by atoms with Gasteiger partial charge in [-0.25, -0.2) is 15.0 Å². The van der Waals surface area contributed by atoms with E-state index in [1.165, 1.54) is 0 Å². The van der Waals surface area contributed by atoms with E-state index in [2.05, 4.69) is 30.8 Å². The third-order valence-electron chi connectivity index (χ3n) is 4.21. The zero-order valence-electron chi connectivity index (χ0n) is 14.2. The smallest absolute Gasteiger partial charge is 0.172 e. The molecule has 128 valence electrons. The van der Waals surface area contributed by atoms with Crippen LogP contribution in [0.4, 0.5) is 5.82 Å². The van der Waals surface area contributed by atoms with Gasteiger partial charge in [0.2, 0.25) is 0 Å². The number of hydrogen-bond donors (Lipinski definition) is 3. The SMILES string of the molecule is Cc1nc(C(C)Nc2nc(-c3cccnc3)nc3c2CCNC3)n[nH]1. The van der Waals surface area contributed by atoms with Crippen LogP contribution in [0.5, 0.6) is 0 Å². The second kappa shape index (κ2) is 6.56. The van der Waals surface area contributed by atoms with Crippen LogP contribution < -0.4 is 10.6 Å². The lowest BCUT2D eigenvalue weighted by Crippen LogP contribution is -2.27. The Hall–Kier alpha value is -2.87. The van der Waals surface area contributed by atoms with Gasteiger partial charge in [-0.3, -0.25) is 10.1 Å². The lowest BCUT2D eigenvalue weighted by Gasteiger charge is -2.22. The monoisotopic (exact) mass is 336 g/mol. The van der Waals surface area contributed by atoms with Crippen molar-refractivity contribution in [2.24, 2.45) is 0 Å². The van der Waals surface area contributed by atoms with Crippen LogP contribution in [0.2, 0.25) is 0 Å². The highest BCUT2D eigenvalue weighted by Gasteiger charge is 2.20. The van der Waals surface area contributed by atoms with E-state index in [4.69, 9.17) is 9.97 Å². The van der Waals surface area contributed by atoms with Crippen molar-refractivity contribution in [3.63, 3.8) is 0 Å². The topological polar surface area (TPSA) is 104 Å². The number of hydrogen-bond acceptors (Lipinski definition) is 7. The Labute approximate surface area is 145 Å². The highest BCUT2D eigenvalue weighted by atomic mass is 15.2. The van der Waals surface area contributed by atoms with Gasteiger partial charge < -0.3 is 10.6 Å². The summed E-state index contributed by atoms with van der Waals surface area (Å²) < 4.78 is 0. The molecule has 1 aliphatic heterocycles. The summed E-state index contributed by atoms with van der Waals surface area (Å²) in [5, 5.41) is 14.0. The normalized spacial score (nSPS) is 14.8. The highest BCUT2D eigenvalue weighted by molar-refractivity contribution is 5.59. The van der Waals surface area contributed by atoms with Crippen molar-refractivity contribution < 1.29 is 0 Å². The minimum Gasteiger partial charge on any atom is -0.360 e. The third kappa shape index (κ3) is 3.20. The lowest BCUT2D eigenvalue weighted by atomic mass is 10.1. The first-order valence-electron chi connectivity index (χ1n) is 8.37. The standard InChI is InChI=1S/C17H20N8/c1-10(15-21-11(2)24-25-15)20-17-13-5-7-19-9-14(13)22-16(23-17)12-4-3-6-18-8-12/h3-4,6,8,10,19H,5,7,9H2,1-2H3,(H,20,22,23)(H,21,24,25). The Morgan fingerprint density at radius 1 is 1.24 bits per heavy atom. The minimum absolute atomic E-state index is 0.0550. The van der Waals surface area contributed by atoms with Gasteiger partial charge in [-0.05, 0) is 38.9 Å². The zero-order valence-corrected chi connectivity index (χ0v) is 14.2. The zero-order chi connectivity index (χ0) is 17.2. The average Bonchev–Trinajstić information content (AvgIpc) is 3.09. The fraction of sp³-hybridized carbons (Fsp3) is 0.353. The summed E-state index contributed by atoms with van der Waals surface area (Å²) in [6.45, 7) is 5.59. The highest BCUT2D eigenvalue weighted by Crippen LogP contribution is 2.26. The summed E-state index contributed by atoms with van der Waals surface area (Å²) in [7, 11) is 0. The molecule has 1 atom stereocenters. The summed E-state index contributed by atoms with van der Waals surface area (Å²) in [5.74, 6) is 3.05. The predicted molar refractivity (Wildman–Crippen MR) is 93.8 cm³/mol. The Morgan fingerprint density at radius 3 is 2.92 bits per heavy atom. The molecule has 0 bridgehead atoms. The molecule has 0 aromatic carbocycles. The van der Waals surface area contributed by atoms with Gasteiger partial charge in [-0.15, -0.1) is 0 Å². The summed E-state index contributed by atoms with van der Waals surface area (Å²) in [6, 6.07) is 3.81. The number of aromatic amines is 1. The summed E-state index contributed by atoms with van der Waals surface area (Å²) in [6.07, 6.45) is 4.42. The van der Waals surface area contributed by atoms with Crippen LogP contribution in [0, 0.1) is 6.92 Å². The molecule has 0 radical (unpaired) electrons. The van der Waals surface area contributed by atoms with Crippen LogP contribution >= 0.6 is 0 Å². The van der Waals surface area contributed by atoms with E-state index in [0.717, 1.165) is 53.8 Å². The molecule has 3 aromatic rings. The Kier molecular flexibility index (Phi) is 4.10. The van der Waals surface area contributed by atoms with Crippen molar-refractivity contribution in [1.82, 2.24) is 35.5 Å². The minimum atomic E-state index is -0.0550. The first-order chi connectivity index (χ1) is 12.2. The van der Waals surface area contributed by atoms with Crippen LogP contribution in [-0.2, 0) is 13.0 Å². The molecule has 8 nitrogen and oxygen atoms in total. The summed E-state index contributed by atoms with van der Waals surface area (Å²) >= 11 is 0. The van der Waals surface area contributed by atoms with E-state index < -0.39 is 0 Å². The fourth-order valence-corrected chi connectivity index (χ4v) is 2.93. The van der Waals surface area contributed by atoms with E-state index in [1.54, 1.807) is 12.4 Å². The summed E-state index contributed by atoms with van der Waals surface area (Å²) in [4.78, 5) is 18.1. The molecule has 1 unspecified atom stereocenters. The Morgan fingerprint density at radius 2 is 2.16 bits per heavy atom. The van der Waals surface area contributed by atoms with E-state index in [1.807, 2.05) is 26.0 Å². The molecular formula is C17H20N8. The predicted octanol–water partition coefficient (Wildman–Crippen LogP) is 1.78. The number of nitrogens with zero attached hydrogens (tertiary/aromatic N) is 5. The first kappa shape index (κ1) is 15.6. The molecule has 8 heteroatoms. The summed E-state index contributed by atoms with van der Waals surface area (Å²) in [5.41, 5.74) is 3.09. The van der Waals surface area contributed by atoms with Crippen LogP contribution in [0.1, 0.15) is 35.9 Å². The lowest BCUT2D eigenvalue weighted by molar-refractivity contribution is 0.623. The van der Waals surface area contributed by atoms with Crippen LogP contribution in [0.3, 0.4) is 0 Å². The van der Waals surface area contributed by atoms with Crippen LogP contribution in [0.15, 0.2) is 24.5 Å².